The number of piperidine rings is 1. The molecule has 0 aromatic carbocycles. The van der Waals surface area contributed by atoms with Gasteiger partial charge in [-0.15, -0.1) is 0 Å². The monoisotopic (exact) mass is 196 g/mol. The number of hydrogen-bond acceptors (Lipinski definition) is 3. The molecule has 2 rings (SSSR count). The van der Waals surface area contributed by atoms with E-state index in [-0.39, 0.29) is 5.69 Å². The minimum Gasteiger partial charge on any atom is -0.317 e. The first-order valence-corrected chi connectivity index (χ1v) is 5.17. The average molecular weight is 196 g/mol. The van der Waals surface area contributed by atoms with Gasteiger partial charge in [0.25, 0.3) is 0 Å². The second kappa shape index (κ2) is 4.41. The average Bonchev–Trinajstić information content (AvgIpc) is 2.63. The molecule has 0 saturated carbocycles. The molecule has 1 aromatic heterocycles. The van der Waals surface area contributed by atoms with E-state index in [9.17, 15) is 4.79 Å². The van der Waals surface area contributed by atoms with Crippen molar-refractivity contribution in [1.82, 2.24) is 20.1 Å². The van der Waals surface area contributed by atoms with E-state index in [1.54, 1.807) is 0 Å². The molecular weight excluding hydrogens is 180 g/mol. The largest absolute Gasteiger partial charge is 0.343 e. The standard InChI is InChI=1S/C9H16N4O/c14-9-11-7-12-13(9)6-3-8-1-4-10-5-2-8/h7-8,10H,1-6H2,(H,11,12,14). The van der Waals surface area contributed by atoms with E-state index in [1.165, 1.54) is 23.9 Å². The summed E-state index contributed by atoms with van der Waals surface area (Å²) < 4.78 is 1.50. The molecule has 0 spiro atoms. The molecule has 2 N–H and O–H groups in total. The van der Waals surface area contributed by atoms with Crippen LogP contribution in [0.4, 0.5) is 0 Å². The molecule has 0 bridgehead atoms. The number of aryl methyl sites for hydroxylation is 1. The highest BCUT2D eigenvalue weighted by molar-refractivity contribution is 4.69. The zero-order chi connectivity index (χ0) is 9.80. The van der Waals surface area contributed by atoms with Crippen molar-refractivity contribution in [3.63, 3.8) is 0 Å². The van der Waals surface area contributed by atoms with Gasteiger partial charge in [-0.05, 0) is 38.3 Å². The van der Waals surface area contributed by atoms with Gasteiger partial charge in [-0.1, -0.05) is 0 Å². The second-order valence-corrected chi connectivity index (χ2v) is 3.80. The van der Waals surface area contributed by atoms with E-state index < -0.39 is 0 Å². The van der Waals surface area contributed by atoms with Gasteiger partial charge in [-0.3, -0.25) is 4.98 Å². The Kier molecular flexibility index (Phi) is 2.98. The Morgan fingerprint density at radius 3 is 2.93 bits per heavy atom. The quantitative estimate of drug-likeness (QED) is 0.713. The van der Waals surface area contributed by atoms with Gasteiger partial charge in [0.05, 0.1) is 0 Å². The highest BCUT2D eigenvalue weighted by atomic mass is 16.1. The SMILES string of the molecule is O=c1[nH]cnn1CCC1CCNCC1. The smallest absolute Gasteiger partial charge is 0.317 e. The molecule has 0 amide bonds. The van der Waals surface area contributed by atoms with Crippen molar-refractivity contribution < 1.29 is 0 Å². The number of nitrogens with one attached hydrogen (secondary N) is 2. The molecule has 5 heteroatoms. The van der Waals surface area contributed by atoms with Crippen molar-refractivity contribution in [1.29, 1.82) is 0 Å². The molecule has 0 radical (unpaired) electrons. The first-order chi connectivity index (χ1) is 6.86. The summed E-state index contributed by atoms with van der Waals surface area (Å²) in [6.45, 7) is 2.97. The van der Waals surface area contributed by atoms with Crippen LogP contribution in [-0.4, -0.2) is 27.9 Å². The van der Waals surface area contributed by atoms with Crippen molar-refractivity contribution in [3.8, 4) is 0 Å². The van der Waals surface area contributed by atoms with Crippen LogP contribution in [0.5, 0.6) is 0 Å². The van der Waals surface area contributed by atoms with Gasteiger partial charge >= 0.3 is 5.69 Å². The maximum atomic E-state index is 11.1. The summed E-state index contributed by atoms with van der Waals surface area (Å²) >= 11 is 0. The maximum absolute atomic E-state index is 11.1. The zero-order valence-electron chi connectivity index (χ0n) is 8.20. The third kappa shape index (κ3) is 2.23. The summed E-state index contributed by atoms with van der Waals surface area (Å²) in [6, 6.07) is 0. The van der Waals surface area contributed by atoms with Crippen molar-refractivity contribution in [2.75, 3.05) is 13.1 Å². The van der Waals surface area contributed by atoms with Crippen molar-refractivity contribution in [3.05, 3.63) is 16.8 Å². The fourth-order valence-electron chi connectivity index (χ4n) is 1.92. The van der Waals surface area contributed by atoms with Gasteiger partial charge in [0, 0.05) is 6.54 Å². The van der Waals surface area contributed by atoms with Crippen LogP contribution in [0, 0.1) is 5.92 Å². The molecule has 0 atom stereocenters. The molecule has 1 aliphatic rings. The lowest BCUT2D eigenvalue weighted by atomic mass is 9.95. The Balaban J connectivity index is 1.82. The molecule has 1 fully saturated rings. The topological polar surface area (TPSA) is 62.7 Å². The van der Waals surface area contributed by atoms with Gasteiger partial charge in [-0.25, -0.2) is 9.48 Å². The molecule has 1 aliphatic heterocycles. The molecule has 78 valence electrons. The normalized spacial score (nSPS) is 18.6. The Morgan fingerprint density at radius 1 is 1.50 bits per heavy atom. The van der Waals surface area contributed by atoms with Crippen LogP contribution >= 0.6 is 0 Å². The predicted molar refractivity (Wildman–Crippen MR) is 53.1 cm³/mol. The zero-order valence-corrected chi connectivity index (χ0v) is 8.20. The van der Waals surface area contributed by atoms with Crippen LogP contribution in [0.25, 0.3) is 0 Å². The Hall–Kier alpha value is -1.10. The van der Waals surface area contributed by atoms with Crippen LogP contribution in [0.1, 0.15) is 19.3 Å². The molecule has 2 heterocycles. The van der Waals surface area contributed by atoms with Crippen LogP contribution in [0.15, 0.2) is 11.1 Å². The minimum absolute atomic E-state index is 0.0982. The van der Waals surface area contributed by atoms with Crippen molar-refractivity contribution >= 4 is 0 Å². The summed E-state index contributed by atoms with van der Waals surface area (Å²) in [6.07, 6.45) is 4.95. The van der Waals surface area contributed by atoms with E-state index in [1.807, 2.05) is 0 Å². The summed E-state index contributed by atoms with van der Waals surface area (Å²) in [7, 11) is 0. The first kappa shape index (κ1) is 9.45. The lowest BCUT2D eigenvalue weighted by Crippen LogP contribution is -2.29. The minimum atomic E-state index is -0.0982. The second-order valence-electron chi connectivity index (χ2n) is 3.80. The number of aromatic nitrogens is 3. The molecule has 1 aromatic rings. The van der Waals surface area contributed by atoms with E-state index in [4.69, 9.17) is 0 Å². The number of hydrogen-bond donors (Lipinski definition) is 2. The molecule has 14 heavy (non-hydrogen) atoms. The lowest BCUT2D eigenvalue weighted by molar-refractivity contribution is 0.330. The number of H-pyrrole nitrogens is 1. The fourth-order valence-corrected chi connectivity index (χ4v) is 1.92. The van der Waals surface area contributed by atoms with E-state index in [2.05, 4.69) is 15.4 Å². The van der Waals surface area contributed by atoms with E-state index in [0.717, 1.165) is 32.0 Å². The van der Waals surface area contributed by atoms with Gasteiger partial charge in [0.1, 0.15) is 6.33 Å². The molecule has 0 aliphatic carbocycles. The number of rotatable bonds is 3. The Labute approximate surface area is 82.5 Å². The number of nitrogens with zero attached hydrogens (tertiary/aromatic N) is 2. The predicted octanol–water partition coefficient (Wildman–Crippen LogP) is -0.0389. The first-order valence-electron chi connectivity index (χ1n) is 5.17. The maximum Gasteiger partial charge on any atom is 0.343 e. The lowest BCUT2D eigenvalue weighted by Gasteiger charge is -2.21. The highest BCUT2D eigenvalue weighted by Crippen LogP contribution is 2.15. The summed E-state index contributed by atoms with van der Waals surface area (Å²) in [5, 5.41) is 7.26. The van der Waals surface area contributed by atoms with Crippen LogP contribution < -0.4 is 11.0 Å². The van der Waals surface area contributed by atoms with Crippen LogP contribution in [-0.2, 0) is 6.54 Å². The van der Waals surface area contributed by atoms with Crippen LogP contribution in [0.3, 0.4) is 0 Å². The van der Waals surface area contributed by atoms with E-state index >= 15 is 0 Å². The molecule has 0 unspecified atom stereocenters. The van der Waals surface area contributed by atoms with Crippen LogP contribution in [0.2, 0.25) is 0 Å². The van der Waals surface area contributed by atoms with Gasteiger partial charge < -0.3 is 5.32 Å². The molecule has 1 saturated heterocycles. The Morgan fingerprint density at radius 2 is 2.29 bits per heavy atom. The fraction of sp³-hybridized carbons (Fsp3) is 0.778. The molecule has 5 nitrogen and oxygen atoms in total. The highest BCUT2D eigenvalue weighted by Gasteiger charge is 2.13. The van der Waals surface area contributed by atoms with Gasteiger partial charge in [0.2, 0.25) is 0 Å². The summed E-state index contributed by atoms with van der Waals surface area (Å²) in [4.78, 5) is 13.7. The third-order valence-corrected chi connectivity index (χ3v) is 2.83. The Bertz CT molecular complexity index is 324. The summed E-state index contributed by atoms with van der Waals surface area (Å²) in [5.41, 5.74) is -0.0982. The van der Waals surface area contributed by atoms with Gasteiger partial charge in [-0.2, -0.15) is 5.10 Å². The number of aromatic amines is 1. The van der Waals surface area contributed by atoms with E-state index in [0.29, 0.717) is 0 Å². The molecular formula is C9H16N4O. The van der Waals surface area contributed by atoms with Crippen molar-refractivity contribution in [2.45, 2.75) is 25.8 Å². The van der Waals surface area contributed by atoms with Crippen molar-refractivity contribution in [2.24, 2.45) is 5.92 Å². The third-order valence-electron chi connectivity index (χ3n) is 2.83. The summed E-state index contributed by atoms with van der Waals surface area (Å²) in [5.74, 6) is 0.750. The van der Waals surface area contributed by atoms with Gasteiger partial charge in [0.15, 0.2) is 0 Å².